The lowest BCUT2D eigenvalue weighted by atomic mass is 10.1. The number of hydrogen-bond donors (Lipinski definition) is 1. The number of esters is 1. The smallest absolute Gasteiger partial charge is 0.331 e. The summed E-state index contributed by atoms with van der Waals surface area (Å²) in [6.45, 7) is 5.54. The van der Waals surface area contributed by atoms with Gasteiger partial charge in [-0.05, 0) is 55.7 Å². The quantitative estimate of drug-likeness (QED) is 0.447. The lowest BCUT2D eigenvalue weighted by Crippen LogP contribution is -2.22. The van der Waals surface area contributed by atoms with Crippen LogP contribution in [0.15, 0.2) is 60.8 Å². The van der Waals surface area contributed by atoms with Crippen molar-refractivity contribution in [2.75, 3.05) is 0 Å². The van der Waals surface area contributed by atoms with E-state index in [0.717, 1.165) is 28.2 Å². The van der Waals surface area contributed by atoms with E-state index >= 15 is 0 Å². The third-order valence-corrected chi connectivity index (χ3v) is 4.21. The van der Waals surface area contributed by atoms with Crippen molar-refractivity contribution in [1.29, 1.82) is 0 Å². The van der Waals surface area contributed by atoms with Crippen molar-refractivity contribution < 1.29 is 9.53 Å². The fourth-order valence-corrected chi connectivity index (χ4v) is 2.79. The highest BCUT2D eigenvalue weighted by molar-refractivity contribution is 6.30. The zero-order valence-corrected chi connectivity index (χ0v) is 17.0. The largest absolute Gasteiger partial charge is 0.457 e. The molecule has 0 amide bonds. The number of nitrogens with zero attached hydrogens (tertiary/aromatic N) is 1. The van der Waals surface area contributed by atoms with Crippen LogP contribution in [0.4, 0.5) is 0 Å². The average Bonchev–Trinajstić information content (AvgIpc) is 3.09. The maximum absolute atomic E-state index is 11.7. The van der Waals surface area contributed by atoms with Gasteiger partial charge < -0.3 is 9.72 Å². The maximum atomic E-state index is 11.7. The molecule has 1 aromatic heterocycles. The number of nitrogens with one attached hydrogen (secondary N) is 1. The number of ether oxygens (including phenoxy) is 1. The minimum Gasteiger partial charge on any atom is -0.457 e. The van der Waals surface area contributed by atoms with Gasteiger partial charge in [0.15, 0.2) is 0 Å². The number of carbonyl (C=O) groups excluding carboxylic acids is 1. The first-order chi connectivity index (χ1) is 13.3. The molecule has 0 aliphatic carbocycles. The second-order valence-corrected chi connectivity index (χ2v) is 7.97. The Morgan fingerprint density at radius 3 is 2.43 bits per heavy atom. The van der Waals surface area contributed by atoms with E-state index in [1.165, 1.54) is 6.08 Å². The third kappa shape index (κ3) is 5.83. The average molecular weight is 395 g/mol. The van der Waals surface area contributed by atoms with Crippen LogP contribution in [0.3, 0.4) is 0 Å². The molecule has 1 heterocycles. The molecule has 0 spiro atoms. The molecule has 2 aromatic carbocycles. The second kappa shape index (κ2) is 8.44. The minimum absolute atomic E-state index is 0.345. The summed E-state index contributed by atoms with van der Waals surface area (Å²) < 4.78 is 5.26. The van der Waals surface area contributed by atoms with E-state index in [1.807, 2.05) is 75.5 Å². The SMILES string of the molecule is CC(C)(C)OC(=O)/C=C/c1ccc(Cc2ncc(-c3ccc(Cl)cc3)[nH]2)cc1. The molecule has 144 valence electrons. The van der Waals surface area contributed by atoms with Crippen LogP contribution in [0.1, 0.15) is 37.7 Å². The lowest BCUT2D eigenvalue weighted by molar-refractivity contribution is -0.148. The van der Waals surface area contributed by atoms with Gasteiger partial charge in [0.2, 0.25) is 0 Å². The molecule has 0 aliphatic rings. The van der Waals surface area contributed by atoms with Crippen molar-refractivity contribution in [1.82, 2.24) is 9.97 Å². The van der Waals surface area contributed by atoms with E-state index in [1.54, 1.807) is 6.08 Å². The number of halogens is 1. The number of H-pyrrole nitrogens is 1. The zero-order valence-electron chi connectivity index (χ0n) is 16.2. The Balaban J connectivity index is 1.62. The van der Waals surface area contributed by atoms with Gasteiger partial charge in [0, 0.05) is 17.5 Å². The van der Waals surface area contributed by atoms with Crippen LogP contribution in [0, 0.1) is 0 Å². The highest BCUT2D eigenvalue weighted by Gasteiger charge is 2.13. The summed E-state index contributed by atoms with van der Waals surface area (Å²) in [4.78, 5) is 19.6. The number of benzene rings is 2. The topological polar surface area (TPSA) is 55.0 Å². The molecule has 3 rings (SSSR count). The number of hydrogen-bond acceptors (Lipinski definition) is 3. The Morgan fingerprint density at radius 1 is 1.11 bits per heavy atom. The summed E-state index contributed by atoms with van der Waals surface area (Å²) in [5, 5.41) is 0.712. The summed E-state index contributed by atoms with van der Waals surface area (Å²) in [6.07, 6.45) is 5.73. The van der Waals surface area contributed by atoms with Crippen molar-refractivity contribution in [2.24, 2.45) is 0 Å². The molecule has 0 aliphatic heterocycles. The van der Waals surface area contributed by atoms with E-state index in [4.69, 9.17) is 16.3 Å². The molecule has 3 aromatic rings. The highest BCUT2D eigenvalue weighted by atomic mass is 35.5. The van der Waals surface area contributed by atoms with Crippen LogP contribution >= 0.6 is 11.6 Å². The first-order valence-electron chi connectivity index (χ1n) is 9.08. The van der Waals surface area contributed by atoms with E-state index in [0.29, 0.717) is 11.4 Å². The van der Waals surface area contributed by atoms with Crippen molar-refractivity contribution in [3.8, 4) is 11.3 Å². The fourth-order valence-electron chi connectivity index (χ4n) is 2.67. The Hall–Kier alpha value is -2.85. The molecule has 0 bridgehead atoms. The van der Waals surface area contributed by atoms with E-state index < -0.39 is 5.60 Å². The van der Waals surface area contributed by atoms with Crippen LogP contribution in [0.25, 0.3) is 17.3 Å². The Labute approximate surface area is 170 Å². The number of rotatable bonds is 5. The van der Waals surface area contributed by atoms with Crippen LogP contribution in [0.2, 0.25) is 5.02 Å². The normalized spacial score (nSPS) is 11.7. The molecule has 0 saturated carbocycles. The summed E-state index contributed by atoms with van der Waals surface area (Å²) in [5.41, 5.74) is 3.59. The highest BCUT2D eigenvalue weighted by Crippen LogP contribution is 2.20. The van der Waals surface area contributed by atoms with Crippen molar-refractivity contribution in [3.05, 3.63) is 82.8 Å². The standard InChI is InChI=1S/C23H23ClN2O2/c1-23(2,3)28-22(27)13-8-16-4-6-17(7-5-16)14-21-25-15-20(26-21)18-9-11-19(24)12-10-18/h4-13,15H,14H2,1-3H3,(H,25,26)/b13-8+. The van der Waals surface area contributed by atoms with Crippen molar-refractivity contribution in [2.45, 2.75) is 32.8 Å². The summed E-state index contributed by atoms with van der Waals surface area (Å²) in [6, 6.07) is 15.6. The molecule has 0 saturated heterocycles. The predicted octanol–water partition coefficient (Wildman–Crippen LogP) is 5.68. The van der Waals surface area contributed by atoms with E-state index in [2.05, 4.69) is 9.97 Å². The van der Waals surface area contributed by atoms with Gasteiger partial charge in [-0.15, -0.1) is 0 Å². The zero-order chi connectivity index (χ0) is 20.1. The van der Waals surface area contributed by atoms with Crippen molar-refractivity contribution in [3.63, 3.8) is 0 Å². The third-order valence-electron chi connectivity index (χ3n) is 3.95. The Kier molecular flexibility index (Phi) is 6.00. The van der Waals surface area contributed by atoms with Gasteiger partial charge in [0.05, 0.1) is 11.9 Å². The van der Waals surface area contributed by atoms with Gasteiger partial charge in [0.1, 0.15) is 11.4 Å². The van der Waals surface area contributed by atoms with Crippen LogP contribution in [-0.4, -0.2) is 21.5 Å². The number of aromatic nitrogens is 2. The molecule has 0 unspecified atom stereocenters. The monoisotopic (exact) mass is 394 g/mol. The maximum Gasteiger partial charge on any atom is 0.331 e. The van der Waals surface area contributed by atoms with Gasteiger partial charge in [-0.3, -0.25) is 0 Å². The number of aromatic amines is 1. The van der Waals surface area contributed by atoms with Gasteiger partial charge in [-0.25, -0.2) is 9.78 Å². The lowest BCUT2D eigenvalue weighted by Gasteiger charge is -2.17. The first-order valence-corrected chi connectivity index (χ1v) is 9.46. The molecular formula is C23H23ClN2O2. The molecule has 5 heteroatoms. The number of carbonyl (C=O) groups is 1. The molecule has 1 N–H and O–H groups in total. The predicted molar refractivity (Wildman–Crippen MR) is 113 cm³/mol. The Morgan fingerprint density at radius 2 is 1.79 bits per heavy atom. The van der Waals surface area contributed by atoms with E-state index in [9.17, 15) is 4.79 Å². The molecule has 0 fully saturated rings. The van der Waals surface area contributed by atoms with Gasteiger partial charge in [-0.1, -0.05) is 48.0 Å². The van der Waals surface area contributed by atoms with Gasteiger partial charge in [-0.2, -0.15) is 0 Å². The molecular weight excluding hydrogens is 372 g/mol. The summed E-state index contributed by atoms with van der Waals surface area (Å²) in [5.74, 6) is 0.545. The first kappa shape index (κ1) is 19.9. The van der Waals surface area contributed by atoms with Crippen LogP contribution in [0.5, 0.6) is 0 Å². The molecule has 28 heavy (non-hydrogen) atoms. The van der Waals surface area contributed by atoms with Crippen LogP contribution in [-0.2, 0) is 16.0 Å². The van der Waals surface area contributed by atoms with Crippen molar-refractivity contribution >= 4 is 23.6 Å². The van der Waals surface area contributed by atoms with Crippen LogP contribution < -0.4 is 0 Å². The fraction of sp³-hybridized carbons (Fsp3) is 0.217. The number of imidazole rings is 1. The van der Waals surface area contributed by atoms with E-state index in [-0.39, 0.29) is 5.97 Å². The molecule has 4 nitrogen and oxygen atoms in total. The van der Waals surface area contributed by atoms with Gasteiger partial charge in [0.25, 0.3) is 0 Å². The minimum atomic E-state index is -0.487. The summed E-state index contributed by atoms with van der Waals surface area (Å²) >= 11 is 5.94. The second-order valence-electron chi connectivity index (χ2n) is 7.54. The summed E-state index contributed by atoms with van der Waals surface area (Å²) in [7, 11) is 0. The molecule has 0 radical (unpaired) electrons. The Bertz CT molecular complexity index is 965. The molecule has 0 atom stereocenters. The van der Waals surface area contributed by atoms with Gasteiger partial charge >= 0.3 is 5.97 Å².